The van der Waals surface area contributed by atoms with Gasteiger partial charge in [0.25, 0.3) is 0 Å². The van der Waals surface area contributed by atoms with E-state index in [-0.39, 0.29) is 29.2 Å². The molecule has 2 atom stereocenters. The average Bonchev–Trinajstić information content (AvgIpc) is 3.15. The van der Waals surface area contributed by atoms with Crippen molar-refractivity contribution in [2.75, 3.05) is 18.0 Å². The number of rotatable bonds is 6. The van der Waals surface area contributed by atoms with Crippen LogP contribution in [0.15, 0.2) is 40.1 Å². The number of thiophene rings is 1. The normalized spacial score (nSPS) is 21.1. The van der Waals surface area contributed by atoms with Crippen molar-refractivity contribution in [1.82, 2.24) is 9.29 Å². The van der Waals surface area contributed by atoms with Gasteiger partial charge in [0.1, 0.15) is 16.8 Å². The SMILES string of the molecule is CC1CN(c2ccc(S(=O)(=O)N(C(C)C)C(C)C)cn2)CC(c2ccsc2)O1. The molecule has 8 heteroatoms. The van der Waals surface area contributed by atoms with Crippen molar-refractivity contribution in [2.24, 2.45) is 0 Å². The van der Waals surface area contributed by atoms with Gasteiger partial charge >= 0.3 is 0 Å². The highest BCUT2D eigenvalue weighted by molar-refractivity contribution is 7.89. The molecule has 1 fully saturated rings. The highest BCUT2D eigenvalue weighted by Gasteiger charge is 2.31. The first-order valence-corrected chi connectivity index (χ1v) is 12.0. The first-order valence-electron chi connectivity index (χ1n) is 9.62. The molecule has 0 aliphatic carbocycles. The third kappa shape index (κ3) is 4.40. The summed E-state index contributed by atoms with van der Waals surface area (Å²) in [6.45, 7) is 11.0. The molecular formula is C20H29N3O3S2. The maximum absolute atomic E-state index is 13.0. The van der Waals surface area contributed by atoms with Crippen molar-refractivity contribution in [3.8, 4) is 0 Å². The summed E-state index contributed by atoms with van der Waals surface area (Å²) in [6.07, 6.45) is 1.54. The summed E-state index contributed by atoms with van der Waals surface area (Å²) in [7, 11) is -3.58. The molecule has 6 nitrogen and oxygen atoms in total. The molecule has 0 aromatic carbocycles. The maximum atomic E-state index is 13.0. The number of ether oxygens (including phenoxy) is 1. The van der Waals surface area contributed by atoms with Gasteiger partial charge in [0.05, 0.1) is 6.10 Å². The fraction of sp³-hybridized carbons (Fsp3) is 0.550. The van der Waals surface area contributed by atoms with Gasteiger partial charge in [-0.05, 0) is 69.1 Å². The molecule has 2 aromatic rings. The number of hydrogen-bond donors (Lipinski definition) is 0. The Morgan fingerprint density at radius 3 is 2.43 bits per heavy atom. The Morgan fingerprint density at radius 2 is 1.89 bits per heavy atom. The smallest absolute Gasteiger partial charge is 0.245 e. The average molecular weight is 424 g/mol. The first kappa shape index (κ1) is 21.2. The monoisotopic (exact) mass is 423 g/mol. The molecule has 0 radical (unpaired) electrons. The van der Waals surface area contributed by atoms with E-state index in [0.717, 1.165) is 12.4 Å². The summed E-state index contributed by atoms with van der Waals surface area (Å²) in [5.74, 6) is 0.773. The zero-order valence-electron chi connectivity index (χ0n) is 17.1. The Bertz CT molecular complexity index is 857. The maximum Gasteiger partial charge on any atom is 0.245 e. The lowest BCUT2D eigenvalue weighted by molar-refractivity contribution is -0.0174. The molecule has 0 amide bonds. The summed E-state index contributed by atoms with van der Waals surface area (Å²) < 4.78 is 33.6. The van der Waals surface area contributed by atoms with E-state index in [9.17, 15) is 8.42 Å². The van der Waals surface area contributed by atoms with Crippen molar-refractivity contribution in [2.45, 2.75) is 63.8 Å². The second-order valence-electron chi connectivity index (χ2n) is 7.77. The van der Waals surface area contributed by atoms with E-state index in [1.165, 1.54) is 16.1 Å². The molecule has 1 aliphatic rings. The van der Waals surface area contributed by atoms with Crippen LogP contribution < -0.4 is 4.90 Å². The lowest BCUT2D eigenvalue weighted by atomic mass is 10.1. The Balaban J connectivity index is 1.82. The van der Waals surface area contributed by atoms with Crippen LogP contribution in [0.5, 0.6) is 0 Å². The minimum absolute atomic E-state index is 0.00224. The predicted octanol–water partition coefficient (Wildman–Crippen LogP) is 3.92. The van der Waals surface area contributed by atoms with Crippen molar-refractivity contribution in [3.63, 3.8) is 0 Å². The molecule has 1 aliphatic heterocycles. The van der Waals surface area contributed by atoms with Gasteiger partial charge in [-0.2, -0.15) is 15.6 Å². The van der Waals surface area contributed by atoms with Crippen LogP contribution in [0.25, 0.3) is 0 Å². The van der Waals surface area contributed by atoms with E-state index < -0.39 is 10.0 Å². The molecular weight excluding hydrogens is 394 g/mol. The number of sulfonamides is 1. The van der Waals surface area contributed by atoms with Crippen LogP contribution in [0.4, 0.5) is 5.82 Å². The Kier molecular flexibility index (Phi) is 6.44. The Labute approximate surface area is 172 Å². The fourth-order valence-electron chi connectivity index (χ4n) is 3.77. The standard InChI is InChI=1S/C20H29N3O3S2/c1-14(2)23(15(3)4)28(24,25)18-6-7-20(21-10-18)22-11-16(5)26-19(12-22)17-8-9-27-13-17/h6-10,13-16,19H,11-12H2,1-5H3. The van der Waals surface area contributed by atoms with E-state index in [4.69, 9.17) is 4.74 Å². The molecule has 0 N–H and O–H groups in total. The van der Waals surface area contributed by atoms with Crippen LogP contribution in [0.1, 0.15) is 46.3 Å². The van der Waals surface area contributed by atoms with Gasteiger partial charge < -0.3 is 9.64 Å². The van der Waals surface area contributed by atoms with Crippen LogP contribution in [0, 0.1) is 0 Å². The number of aromatic nitrogens is 1. The van der Waals surface area contributed by atoms with E-state index >= 15 is 0 Å². The molecule has 154 valence electrons. The van der Waals surface area contributed by atoms with Gasteiger partial charge in [-0.25, -0.2) is 13.4 Å². The third-order valence-corrected chi connectivity index (χ3v) is 7.75. The van der Waals surface area contributed by atoms with Crippen LogP contribution in [0.2, 0.25) is 0 Å². The van der Waals surface area contributed by atoms with Gasteiger partial charge in [0, 0.05) is 31.4 Å². The fourth-order valence-corrected chi connectivity index (χ4v) is 6.25. The predicted molar refractivity (Wildman–Crippen MR) is 113 cm³/mol. The van der Waals surface area contributed by atoms with Crippen molar-refractivity contribution in [1.29, 1.82) is 0 Å². The first-order chi connectivity index (χ1) is 13.2. The van der Waals surface area contributed by atoms with Gasteiger partial charge in [-0.3, -0.25) is 0 Å². The van der Waals surface area contributed by atoms with Crippen molar-refractivity contribution < 1.29 is 13.2 Å². The molecule has 0 saturated carbocycles. The van der Waals surface area contributed by atoms with Crippen molar-refractivity contribution in [3.05, 3.63) is 40.7 Å². The van der Waals surface area contributed by atoms with E-state index in [0.29, 0.717) is 6.54 Å². The molecule has 3 rings (SSSR count). The second-order valence-corrected chi connectivity index (χ2v) is 10.4. The lowest BCUT2D eigenvalue weighted by Crippen LogP contribution is -2.43. The second kappa shape index (κ2) is 8.49. The van der Waals surface area contributed by atoms with Gasteiger partial charge in [0.15, 0.2) is 0 Å². The number of pyridine rings is 1. The summed E-state index contributed by atoms with van der Waals surface area (Å²) in [5, 5.41) is 4.16. The van der Waals surface area contributed by atoms with Crippen molar-refractivity contribution >= 4 is 27.2 Å². The minimum atomic E-state index is -3.58. The zero-order chi connectivity index (χ0) is 20.5. The van der Waals surface area contributed by atoms with Crippen LogP contribution in [-0.4, -0.2) is 49.0 Å². The van der Waals surface area contributed by atoms with Gasteiger partial charge in [-0.1, -0.05) is 0 Å². The highest BCUT2D eigenvalue weighted by Crippen LogP contribution is 2.30. The lowest BCUT2D eigenvalue weighted by Gasteiger charge is -2.37. The largest absolute Gasteiger partial charge is 0.367 e. The quantitative estimate of drug-likeness (QED) is 0.705. The van der Waals surface area contributed by atoms with E-state index in [1.54, 1.807) is 23.5 Å². The van der Waals surface area contributed by atoms with E-state index in [2.05, 4.69) is 26.7 Å². The minimum Gasteiger partial charge on any atom is -0.367 e. The highest BCUT2D eigenvalue weighted by atomic mass is 32.2. The van der Waals surface area contributed by atoms with E-state index in [1.807, 2.05) is 34.6 Å². The third-order valence-electron chi connectivity index (χ3n) is 4.81. The Morgan fingerprint density at radius 1 is 1.18 bits per heavy atom. The molecule has 3 heterocycles. The zero-order valence-corrected chi connectivity index (χ0v) is 18.7. The summed E-state index contributed by atoms with van der Waals surface area (Å²) >= 11 is 1.66. The van der Waals surface area contributed by atoms with Gasteiger partial charge in [-0.15, -0.1) is 0 Å². The molecule has 0 spiro atoms. The molecule has 1 saturated heterocycles. The molecule has 2 aromatic heterocycles. The number of anilines is 1. The van der Waals surface area contributed by atoms with Crippen LogP contribution in [0.3, 0.4) is 0 Å². The van der Waals surface area contributed by atoms with Gasteiger partial charge in [0.2, 0.25) is 10.0 Å². The molecule has 28 heavy (non-hydrogen) atoms. The topological polar surface area (TPSA) is 62.7 Å². The summed E-state index contributed by atoms with van der Waals surface area (Å²) in [6, 6.07) is 5.32. The van der Waals surface area contributed by atoms with Crippen LogP contribution >= 0.6 is 11.3 Å². The number of hydrogen-bond acceptors (Lipinski definition) is 6. The number of morpholine rings is 1. The Hall–Kier alpha value is -1.48. The summed E-state index contributed by atoms with van der Waals surface area (Å²) in [5.41, 5.74) is 1.17. The summed E-state index contributed by atoms with van der Waals surface area (Å²) in [4.78, 5) is 6.88. The van der Waals surface area contributed by atoms with Crippen LogP contribution in [-0.2, 0) is 14.8 Å². The molecule has 2 unspecified atom stereocenters. The number of nitrogens with zero attached hydrogens (tertiary/aromatic N) is 3. The molecule has 0 bridgehead atoms.